The Morgan fingerprint density at radius 1 is 1.24 bits per heavy atom. The molecule has 0 fully saturated rings. The fraction of sp³-hybridized carbons (Fsp3) is 0.333. The fourth-order valence-corrected chi connectivity index (χ4v) is 2.76. The van der Waals surface area contributed by atoms with E-state index in [0.717, 1.165) is 18.4 Å². The number of nitrogens with one attached hydrogen (secondary N) is 1. The Morgan fingerprint density at radius 2 is 1.95 bits per heavy atom. The van der Waals surface area contributed by atoms with Gasteiger partial charge in [0, 0.05) is 11.8 Å². The number of carboxylic acids is 2. The van der Waals surface area contributed by atoms with Crippen LogP contribution in [0.25, 0.3) is 10.9 Å². The molecule has 0 aliphatic rings. The van der Waals surface area contributed by atoms with Crippen LogP contribution in [0.3, 0.4) is 0 Å². The van der Waals surface area contributed by atoms with Crippen LogP contribution < -0.4 is 0 Å². The second-order valence-corrected chi connectivity index (χ2v) is 5.33. The van der Waals surface area contributed by atoms with Crippen LogP contribution in [0, 0.1) is 0 Å². The predicted molar refractivity (Wildman–Crippen MR) is 80.2 cm³/mol. The smallest absolute Gasteiger partial charge is 0.352 e. The third kappa shape index (κ3) is 3.19. The molecule has 5 nitrogen and oxygen atoms in total. The topological polar surface area (TPSA) is 90.4 Å². The number of fused-ring (bicyclic) bond motifs is 1. The van der Waals surface area contributed by atoms with Gasteiger partial charge >= 0.3 is 11.9 Å². The monoisotopic (exact) mass is 309 g/mol. The van der Waals surface area contributed by atoms with Gasteiger partial charge in [0.1, 0.15) is 5.69 Å². The molecule has 6 heteroatoms. The van der Waals surface area contributed by atoms with E-state index >= 15 is 0 Å². The number of hydrogen-bond acceptors (Lipinski definition) is 2. The molecule has 0 aliphatic heterocycles. The lowest BCUT2D eigenvalue weighted by molar-refractivity contribution is -0.136. The number of carboxylic acid groups (broad SMARTS) is 2. The number of halogens is 1. The quantitative estimate of drug-likeness (QED) is 0.762. The van der Waals surface area contributed by atoms with Crippen molar-refractivity contribution in [1.82, 2.24) is 4.98 Å². The second-order valence-electron chi connectivity index (χ2n) is 4.93. The standard InChI is InChI=1S/C15H16ClNO4/c1-2-3-8-6-10-9(4-5-12(18)19)14(15(20)21)17-13(10)11(16)7-8/h6-7,17H,2-5H2,1H3,(H,18,19)(H,20,21). The SMILES string of the molecule is CCCc1cc(Cl)c2[nH]c(C(=O)O)c(CCC(=O)O)c2c1. The zero-order valence-electron chi connectivity index (χ0n) is 11.6. The van der Waals surface area contributed by atoms with Crippen molar-refractivity contribution in [1.29, 1.82) is 0 Å². The van der Waals surface area contributed by atoms with Crippen LogP contribution in [0.1, 0.15) is 41.4 Å². The summed E-state index contributed by atoms with van der Waals surface area (Å²) in [5.74, 6) is -2.07. The molecule has 0 atom stereocenters. The van der Waals surface area contributed by atoms with E-state index in [9.17, 15) is 14.7 Å². The lowest BCUT2D eigenvalue weighted by atomic mass is 10.0. The van der Waals surface area contributed by atoms with Crippen LogP contribution in [0.4, 0.5) is 0 Å². The summed E-state index contributed by atoms with van der Waals surface area (Å²) in [6, 6.07) is 3.71. The Kier molecular flexibility index (Phi) is 4.53. The first-order chi connectivity index (χ1) is 9.93. The summed E-state index contributed by atoms with van der Waals surface area (Å²) in [5, 5.41) is 19.3. The number of H-pyrrole nitrogens is 1. The van der Waals surface area contributed by atoms with Gasteiger partial charge in [-0.3, -0.25) is 4.79 Å². The maximum absolute atomic E-state index is 11.3. The molecule has 0 amide bonds. The average Bonchev–Trinajstić information content (AvgIpc) is 2.76. The molecule has 0 unspecified atom stereocenters. The molecule has 1 aromatic heterocycles. The first-order valence-electron chi connectivity index (χ1n) is 6.72. The average molecular weight is 310 g/mol. The Hall–Kier alpha value is -2.01. The molecule has 0 radical (unpaired) electrons. The summed E-state index contributed by atoms with van der Waals surface area (Å²) < 4.78 is 0. The van der Waals surface area contributed by atoms with E-state index in [2.05, 4.69) is 4.98 Å². The minimum absolute atomic E-state index is 0.0156. The van der Waals surface area contributed by atoms with Crippen LogP contribution in [-0.4, -0.2) is 27.1 Å². The summed E-state index contributed by atoms with van der Waals surface area (Å²) in [6.45, 7) is 2.04. The van der Waals surface area contributed by atoms with E-state index < -0.39 is 11.9 Å². The van der Waals surface area contributed by atoms with Crippen molar-refractivity contribution in [2.24, 2.45) is 0 Å². The first kappa shape index (κ1) is 15.4. The van der Waals surface area contributed by atoms with Crippen LogP contribution in [0.2, 0.25) is 5.02 Å². The molecule has 0 spiro atoms. The number of aryl methyl sites for hydroxylation is 2. The zero-order valence-corrected chi connectivity index (χ0v) is 12.3. The van der Waals surface area contributed by atoms with Crippen LogP contribution in [0.15, 0.2) is 12.1 Å². The van der Waals surface area contributed by atoms with Gasteiger partial charge < -0.3 is 15.2 Å². The zero-order chi connectivity index (χ0) is 15.6. The van der Waals surface area contributed by atoms with Gasteiger partial charge in [-0.15, -0.1) is 0 Å². The summed E-state index contributed by atoms with van der Waals surface area (Å²) in [6.07, 6.45) is 1.82. The molecule has 2 aromatic rings. The molecule has 1 aromatic carbocycles. The van der Waals surface area contributed by atoms with Gasteiger partial charge in [-0.2, -0.15) is 0 Å². The van der Waals surface area contributed by atoms with Crippen molar-refractivity contribution >= 4 is 34.4 Å². The predicted octanol–water partition coefficient (Wildman–Crippen LogP) is 3.49. The van der Waals surface area contributed by atoms with Crippen LogP contribution >= 0.6 is 11.6 Å². The lowest BCUT2D eigenvalue weighted by Gasteiger charge is -2.03. The van der Waals surface area contributed by atoms with Gasteiger partial charge in [-0.05, 0) is 36.1 Å². The van der Waals surface area contributed by atoms with Gasteiger partial charge in [0.2, 0.25) is 0 Å². The summed E-state index contributed by atoms with van der Waals surface area (Å²) in [5.41, 5.74) is 2.08. The number of benzene rings is 1. The van der Waals surface area contributed by atoms with E-state index in [1.165, 1.54) is 0 Å². The van der Waals surface area contributed by atoms with Crippen molar-refractivity contribution in [3.63, 3.8) is 0 Å². The minimum atomic E-state index is -1.11. The Bertz CT molecular complexity index is 705. The van der Waals surface area contributed by atoms with Gasteiger partial charge in [0.25, 0.3) is 0 Å². The number of aliphatic carboxylic acids is 1. The Labute approximate surface area is 126 Å². The number of aromatic amines is 1. The Morgan fingerprint density at radius 3 is 2.52 bits per heavy atom. The van der Waals surface area contributed by atoms with E-state index in [1.54, 1.807) is 0 Å². The molecular weight excluding hydrogens is 294 g/mol. The highest BCUT2D eigenvalue weighted by atomic mass is 35.5. The van der Waals surface area contributed by atoms with Crippen molar-refractivity contribution in [3.05, 3.63) is 34.0 Å². The molecular formula is C15H16ClNO4. The number of aromatic nitrogens is 1. The van der Waals surface area contributed by atoms with E-state index in [-0.39, 0.29) is 18.5 Å². The van der Waals surface area contributed by atoms with E-state index in [1.807, 2.05) is 19.1 Å². The fourth-order valence-electron chi connectivity index (χ4n) is 2.47. The normalized spacial score (nSPS) is 11.0. The van der Waals surface area contributed by atoms with Crippen molar-refractivity contribution in [2.45, 2.75) is 32.6 Å². The molecule has 1 heterocycles. The number of hydrogen-bond donors (Lipinski definition) is 3. The molecule has 2 rings (SSSR count). The third-order valence-corrected chi connectivity index (χ3v) is 3.67. The highest BCUT2D eigenvalue weighted by Gasteiger charge is 2.19. The summed E-state index contributed by atoms with van der Waals surface area (Å²) in [7, 11) is 0. The highest BCUT2D eigenvalue weighted by Crippen LogP contribution is 2.31. The van der Waals surface area contributed by atoms with Crippen molar-refractivity contribution in [3.8, 4) is 0 Å². The Balaban J connectivity index is 2.61. The first-order valence-corrected chi connectivity index (χ1v) is 7.09. The molecule has 0 aliphatic carbocycles. The molecule has 3 N–H and O–H groups in total. The third-order valence-electron chi connectivity index (χ3n) is 3.37. The molecule has 0 saturated heterocycles. The van der Waals surface area contributed by atoms with Crippen molar-refractivity contribution in [2.75, 3.05) is 0 Å². The van der Waals surface area contributed by atoms with E-state index in [4.69, 9.17) is 16.7 Å². The highest BCUT2D eigenvalue weighted by molar-refractivity contribution is 6.35. The van der Waals surface area contributed by atoms with Crippen LogP contribution in [-0.2, 0) is 17.6 Å². The summed E-state index contributed by atoms with van der Waals surface area (Å²) in [4.78, 5) is 24.9. The van der Waals surface area contributed by atoms with Crippen LogP contribution in [0.5, 0.6) is 0 Å². The largest absolute Gasteiger partial charge is 0.481 e. The number of carbonyl (C=O) groups is 2. The van der Waals surface area contributed by atoms with Gasteiger partial charge in [-0.25, -0.2) is 4.79 Å². The molecule has 112 valence electrons. The lowest BCUT2D eigenvalue weighted by Crippen LogP contribution is -2.04. The number of rotatable bonds is 6. The minimum Gasteiger partial charge on any atom is -0.481 e. The molecule has 0 saturated carbocycles. The van der Waals surface area contributed by atoms with Gasteiger partial charge in [-0.1, -0.05) is 24.9 Å². The maximum atomic E-state index is 11.3. The molecule has 0 bridgehead atoms. The van der Waals surface area contributed by atoms with Crippen molar-refractivity contribution < 1.29 is 19.8 Å². The van der Waals surface area contributed by atoms with Gasteiger partial charge in [0.15, 0.2) is 0 Å². The van der Waals surface area contributed by atoms with E-state index in [0.29, 0.717) is 21.5 Å². The number of aromatic carboxylic acids is 1. The second kappa shape index (κ2) is 6.18. The van der Waals surface area contributed by atoms with Gasteiger partial charge in [0.05, 0.1) is 10.5 Å². The molecule has 21 heavy (non-hydrogen) atoms. The maximum Gasteiger partial charge on any atom is 0.352 e. The summed E-state index contributed by atoms with van der Waals surface area (Å²) >= 11 is 6.21.